The molecule has 4 N–H and O–H groups in total. The van der Waals surface area contributed by atoms with Crippen molar-refractivity contribution in [3.8, 4) is 5.75 Å². The normalized spacial score (nSPS) is 12.6. The van der Waals surface area contributed by atoms with Crippen molar-refractivity contribution in [2.45, 2.75) is 51.8 Å². The quantitative estimate of drug-likeness (QED) is 0.407. The summed E-state index contributed by atoms with van der Waals surface area (Å²) in [6.07, 6.45) is 4.86. The summed E-state index contributed by atoms with van der Waals surface area (Å²) in [5.41, 5.74) is 2.16. The molecule has 0 aliphatic carbocycles. The molecular weight excluding hydrogens is 242 g/mol. The summed E-state index contributed by atoms with van der Waals surface area (Å²) in [6, 6.07) is 5.34. The van der Waals surface area contributed by atoms with Gasteiger partial charge in [0, 0.05) is 6.54 Å². The Balaban J connectivity index is 2.58. The highest BCUT2D eigenvalue weighted by molar-refractivity contribution is 5.35. The largest absolute Gasteiger partial charge is 0.508 e. The van der Waals surface area contributed by atoms with Crippen molar-refractivity contribution >= 4 is 0 Å². The van der Waals surface area contributed by atoms with E-state index in [0.29, 0.717) is 6.54 Å². The summed E-state index contributed by atoms with van der Waals surface area (Å²) in [4.78, 5) is 0. The summed E-state index contributed by atoms with van der Waals surface area (Å²) < 4.78 is 0. The number of aryl methyl sites for hydroxylation is 1. The Morgan fingerprint density at radius 1 is 1.16 bits per heavy atom. The van der Waals surface area contributed by atoms with E-state index >= 15 is 0 Å². The first kappa shape index (κ1) is 16.0. The molecule has 0 saturated heterocycles. The molecule has 0 spiro atoms. The molecule has 0 amide bonds. The lowest BCUT2D eigenvalue weighted by Gasteiger charge is -2.14. The zero-order chi connectivity index (χ0) is 14.1. The van der Waals surface area contributed by atoms with Gasteiger partial charge in [-0.2, -0.15) is 0 Å². The smallest absolute Gasteiger partial charge is 0.128 e. The average molecular weight is 267 g/mol. The van der Waals surface area contributed by atoms with Gasteiger partial charge in [0.15, 0.2) is 0 Å². The maximum Gasteiger partial charge on any atom is 0.128 e. The Labute approximate surface area is 115 Å². The molecule has 1 unspecified atom stereocenters. The van der Waals surface area contributed by atoms with Gasteiger partial charge in [0.1, 0.15) is 12.0 Å². The Bertz CT molecular complexity index is 368. The molecule has 1 atom stereocenters. The Morgan fingerprint density at radius 3 is 2.63 bits per heavy atom. The predicted octanol–water partition coefficient (Wildman–Crippen LogP) is 1.92. The molecule has 19 heavy (non-hydrogen) atoms. The third-order valence-electron chi connectivity index (χ3n) is 3.19. The first-order valence-electron chi connectivity index (χ1n) is 7.00. The molecule has 0 bridgehead atoms. The Morgan fingerprint density at radius 2 is 1.95 bits per heavy atom. The van der Waals surface area contributed by atoms with E-state index in [0.717, 1.165) is 18.4 Å². The summed E-state index contributed by atoms with van der Waals surface area (Å²) in [5.74, 6) is 0.229. The van der Waals surface area contributed by atoms with Crippen LogP contribution in [-0.4, -0.2) is 28.2 Å². The fourth-order valence-electron chi connectivity index (χ4n) is 2.06. The van der Waals surface area contributed by atoms with Gasteiger partial charge in [0.25, 0.3) is 0 Å². The number of unbranched alkanes of at least 4 members (excludes halogenated alkanes) is 3. The van der Waals surface area contributed by atoms with Crippen LogP contribution in [-0.2, 0) is 13.0 Å². The standard InChI is InChI=1S/C15H25NO3/c1-2-3-4-5-6-12-7-8-14(18)9-13(12)10-16-15(19)11-17/h7-9,15-19H,2-6,10-11H2,1H3. The topological polar surface area (TPSA) is 72.7 Å². The molecule has 0 fully saturated rings. The van der Waals surface area contributed by atoms with Crippen LogP contribution >= 0.6 is 0 Å². The van der Waals surface area contributed by atoms with E-state index in [1.165, 1.54) is 24.8 Å². The van der Waals surface area contributed by atoms with Crippen molar-refractivity contribution in [1.29, 1.82) is 0 Å². The van der Waals surface area contributed by atoms with E-state index < -0.39 is 6.23 Å². The van der Waals surface area contributed by atoms with Crippen LogP contribution in [0.1, 0.15) is 43.7 Å². The number of hydrogen-bond donors (Lipinski definition) is 4. The number of aliphatic hydroxyl groups excluding tert-OH is 2. The van der Waals surface area contributed by atoms with E-state index in [1.807, 2.05) is 6.07 Å². The molecule has 0 radical (unpaired) electrons. The third-order valence-corrected chi connectivity index (χ3v) is 3.19. The maximum atomic E-state index is 9.53. The van der Waals surface area contributed by atoms with Crippen molar-refractivity contribution in [2.24, 2.45) is 0 Å². The number of aliphatic hydroxyl groups is 2. The van der Waals surface area contributed by atoms with Gasteiger partial charge < -0.3 is 15.3 Å². The molecule has 0 aromatic heterocycles. The van der Waals surface area contributed by atoms with Crippen LogP contribution in [0.3, 0.4) is 0 Å². The molecule has 1 rings (SSSR count). The Hall–Kier alpha value is -1.10. The van der Waals surface area contributed by atoms with E-state index in [2.05, 4.69) is 12.2 Å². The van der Waals surface area contributed by atoms with Gasteiger partial charge in [0.05, 0.1) is 6.61 Å². The van der Waals surface area contributed by atoms with Crippen molar-refractivity contribution in [3.63, 3.8) is 0 Å². The molecule has 4 heteroatoms. The van der Waals surface area contributed by atoms with Gasteiger partial charge in [-0.25, -0.2) is 0 Å². The lowest BCUT2D eigenvalue weighted by atomic mass is 10.0. The highest BCUT2D eigenvalue weighted by Gasteiger charge is 2.06. The van der Waals surface area contributed by atoms with Crippen LogP contribution in [0.5, 0.6) is 5.75 Å². The van der Waals surface area contributed by atoms with Gasteiger partial charge in [0.2, 0.25) is 0 Å². The average Bonchev–Trinajstić information content (AvgIpc) is 2.42. The van der Waals surface area contributed by atoms with Crippen LogP contribution < -0.4 is 5.32 Å². The number of hydrogen-bond acceptors (Lipinski definition) is 4. The fraction of sp³-hybridized carbons (Fsp3) is 0.600. The Kier molecular flexibility index (Phi) is 7.48. The summed E-state index contributed by atoms with van der Waals surface area (Å²) in [7, 11) is 0. The number of nitrogens with one attached hydrogen (secondary N) is 1. The number of phenolic OH excluding ortho intramolecular Hbond substituents is 1. The van der Waals surface area contributed by atoms with Crippen LogP contribution in [0.4, 0.5) is 0 Å². The van der Waals surface area contributed by atoms with Crippen LogP contribution in [0.25, 0.3) is 0 Å². The van der Waals surface area contributed by atoms with Gasteiger partial charge >= 0.3 is 0 Å². The molecule has 0 saturated carbocycles. The van der Waals surface area contributed by atoms with Gasteiger partial charge in [-0.05, 0) is 36.1 Å². The summed E-state index contributed by atoms with van der Waals surface area (Å²) >= 11 is 0. The number of benzene rings is 1. The fourth-order valence-corrected chi connectivity index (χ4v) is 2.06. The van der Waals surface area contributed by atoms with Gasteiger partial charge in [-0.1, -0.05) is 32.3 Å². The molecule has 4 nitrogen and oxygen atoms in total. The van der Waals surface area contributed by atoms with E-state index in [4.69, 9.17) is 5.11 Å². The first-order valence-corrected chi connectivity index (χ1v) is 7.00. The molecule has 1 aromatic rings. The second-order valence-electron chi connectivity index (χ2n) is 4.84. The van der Waals surface area contributed by atoms with E-state index in [1.54, 1.807) is 12.1 Å². The minimum Gasteiger partial charge on any atom is -0.508 e. The minimum absolute atomic E-state index is 0.229. The van der Waals surface area contributed by atoms with Gasteiger partial charge in [-0.3, -0.25) is 5.32 Å². The van der Waals surface area contributed by atoms with E-state index in [9.17, 15) is 10.2 Å². The van der Waals surface area contributed by atoms with Crippen molar-refractivity contribution < 1.29 is 15.3 Å². The lowest BCUT2D eigenvalue weighted by Crippen LogP contribution is -2.31. The number of aromatic hydroxyl groups is 1. The molecule has 0 aliphatic rings. The summed E-state index contributed by atoms with van der Waals surface area (Å²) in [5, 5.41) is 30.4. The molecular formula is C15H25NO3. The second kappa shape index (κ2) is 8.91. The van der Waals surface area contributed by atoms with Crippen LogP contribution in [0.2, 0.25) is 0 Å². The number of phenols is 1. The second-order valence-corrected chi connectivity index (χ2v) is 4.84. The highest BCUT2D eigenvalue weighted by Crippen LogP contribution is 2.19. The molecule has 0 aliphatic heterocycles. The molecule has 108 valence electrons. The third kappa shape index (κ3) is 6.05. The first-order chi connectivity index (χ1) is 9.17. The van der Waals surface area contributed by atoms with Crippen LogP contribution in [0.15, 0.2) is 18.2 Å². The van der Waals surface area contributed by atoms with Crippen molar-refractivity contribution in [3.05, 3.63) is 29.3 Å². The highest BCUT2D eigenvalue weighted by atomic mass is 16.3. The van der Waals surface area contributed by atoms with E-state index in [-0.39, 0.29) is 12.4 Å². The predicted molar refractivity (Wildman–Crippen MR) is 75.9 cm³/mol. The van der Waals surface area contributed by atoms with Crippen LogP contribution in [0, 0.1) is 0 Å². The number of rotatable bonds is 9. The SMILES string of the molecule is CCCCCCc1ccc(O)cc1CNC(O)CO. The zero-order valence-electron chi connectivity index (χ0n) is 11.6. The maximum absolute atomic E-state index is 9.53. The zero-order valence-corrected chi connectivity index (χ0v) is 11.6. The minimum atomic E-state index is -0.921. The molecule has 0 heterocycles. The van der Waals surface area contributed by atoms with Crippen molar-refractivity contribution in [2.75, 3.05) is 6.61 Å². The van der Waals surface area contributed by atoms with Crippen molar-refractivity contribution in [1.82, 2.24) is 5.32 Å². The monoisotopic (exact) mass is 267 g/mol. The van der Waals surface area contributed by atoms with Gasteiger partial charge in [-0.15, -0.1) is 0 Å². The molecule has 1 aromatic carbocycles. The summed E-state index contributed by atoms with van der Waals surface area (Å²) in [6.45, 7) is 2.32. The lowest BCUT2D eigenvalue weighted by molar-refractivity contribution is 0.0665.